The van der Waals surface area contributed by atoms with E-state index in [1.165, 1.54) is 11.8 Å². The topological polar surface area (TPSA) is 87.2 Å². The smallest absolute Gasteiger partial charge is 0.311 e. The Balaban J connectivity index is 1.69. The maximum absolute atomic E-state index is 14.5. The Bertz CT molecular complexity index is 1150. The van der Waals surface area contributed by atoms with E-state index in [-0.39, 0.29) is 24.3 Å². The van der Waals surface area contributed by atoms with Crippen LogP contribution in [-0.2, 0) is 19.1 Å². The molecule has 1 unspecified atom stereocenters. The summed E-state index contributed by atoms with van der Waals surface area (Å²) < 4.78 is 3.95. The number of thioether (sulfide) groups is 1. The number of anilines is 1. The zero-order valence-corrected chi connectivity index (χ0v) is 22.9. The molecule has 2 amide bonds. The van der Waals surface area contributed by atoms with Gasteiger partial charge in [-0.3, -0.25) is 14.4 Å². The summed E-state index contributed by atoms with van der Waals surface area (Å²) in [4.78, 5) is 45.6. The number of hydrogen-bond donors (Lipinski definition) is 1. The Morgan fingerprint density at radius 2 is 1.84 bits per heavy atom. The molecule has 4 heterocycles. The SMILES string of the molecule is CC(C)[C@H](CO)N1C(=O)[C@@H]2[C@@H]3C(=O)OCCC/C=C\[C@]3(C)S[C@@]23C=CCN(c2ccc(Cl)cc2)C(=O)C13. The molecule has 1 aromatic carbocycles. The quantitative estimate of drug-likeness (QED) is 0.458. The number of cyclic esters (lactones) is 1. The molecular formula is C28H33ClN2O5S. The zero-order valence-electron chi connectivity index (χ0n) is 21.3. The van der Waals surface area contributed by atoms with E-state index in [0.29, 0.717) is 23.9 Å². The number of fused-ring (bicyclic) bond motifs is 2. The molecule has 4 aliphatic heterocycles. The summed E-state index contributed by atoms with van der Waals surface area (Å²) in [5.41, 5.74) is 0.674. The Morgan fingerprint density at radius 1 is 1.11 bits per heavy atom. The molecule has 4 aliphatic rings. The highest BCUT2D eigenvalue weighted by atomic mass is 35.5. The lowest BCUT2D eigenvalue weighted by Crippen LogP contribution is -2.58. The predicted octanol–water partition coefficient (Wildman–Crippen LogP) is 3.84. The minimum absolute atomic E-state index is 0.0994. The molecule has 1 spiro atoms. The predicted molar refractivity (Wildman–Crippen MR) is 144 cm³/mol. The number of benzene rings is 1. The highest BCUT2D eigenvalue weighted by molar-refractivity contribution is 8.02. The number of carbonyl (C=O) groups excluding carboxylic acids is 3. The van der Waals surface area contributed by atoms with Gasteiger partial charge in [-0.15, -0.1) is 11.8 Å². The number of aliphatic hydroxyl groups excluding tert-OH is 1. The summed E-state index contributed by atoms with van der Waals surface area (Å²) in [5.74, 6) is -2.56. The summed E-state index contributed by atoms with van der Waals surface area (Å²) in [7, 11) is 0. The van der Waals surface area contributed by atoms with Crippen molar-refractivity contribution >= 4 is 46.8 Å². The lowest BCUT2D eigenvalue weighted by Gasteiger charge is -2.41. The molecule has 5 rings (SSSR count). The van der Waals surface area contributed by atoms with E-state index >= 15 is 0 Å². The van der Waals surface area contributed by atoms with Gasteiger partial charge in [0.2, 0.25) is 5.91 Å². The molecule has 1 N–H and O–H groups in total. The van der Waals surface area contributed by atoms with Gasteiger partial charge in [0, 0.05) is 22.0 Å². The number of likely N-dealkylation sites (tertiary alicyclic amines) is 1. The number of nitrogens with zero attached hydrogens (tertiary/aromatic N) is 2. The first-order chi connectivity index (χ1) is 17.6. The fourth-order valence-corrected chi connectivity index (χ4v) is 8.67. The lowest BCUT2D eigenvalue weighted by molar-refractivity contribution is -0.154. The molecule has 9 heteroatoms. The lowest BCUT2D eigenvalue weighted by atomic mass is 9.74. The van der Waals surface area contributed by atoms with Crippen molar-refractivity contribution in [1.29, 1.82) is 0 Å². The first-order valence-corrected chi connectivity index (χ1v) is 14.1. The molecule has 0 aliphatic carbocycles. The summed E-state index contributed by atoms with van der Waals surface area (Å²) in [6.07, 6.45) is 9.49. The molecular weight excluding hydrogens is 512 g/mol. The minimum Gasteiger partial charge on any atom is -0.465 e. The molecule has 1 aromatic rings. The van der Waals surface area contributed by atoms with Crippen molar-refractivity contribution in [2.24, 2.45) is 17.8 Å². The van der Waals surface area contributed by atoms with Crippen LogP contribution in [0.15, 0.2) is 48.6 Å². The van der Waals surface area contributed by atoms with Crippen LogP contribution < -0.4 is 4.90 Å². The third-order valence-electron chi connectivity index (χ3n) is 8.14. The normalized spacial score (nSPS) is 35.2. The number of esters is 1. The van der Waals surface area contributed by atoms with Gasteiger partial charge in [-0.25, -0.2) is 0 Å². The fourth-order valence-electron chi connectivity index (χ4n) is 6.40. The number of ether oxygens (including phenoxy) is 1. The van der Waals surface area contributed by atoms with Crippen LogP contribution in [0.2, 0.25) is 5.02 Å². The van der Waals surface area contributed by atoms with Crippen molar-refractivity contribution in [1.82, 2.24) is 4.90 Å². The van der Waals surface area contributed by atoms with Crippen molar-refractivity contribution in [3.63, 3.8) is 0 Å². The van der Waals surface area contributed by atoms with E-state index < -0.39 is 39.4 Å². The number of aliphatic hydroxyl groups is 1. The summed E-state index contributed by atoms with van der Waals surface area (Å²) in [6, 6.07) is 5.58. The van der Waals surface area contributed by atoms with Gasteiger partial charge in [0.05, 0.1) is 35.8 Å². The van der Waals surface area contributed by atoms with Gasteiger partial charge in [-0.2, -0.15) is 0 Å². The van der Waals surface area contributed by atoms with E-state index in [1.807, 2.05) is 39.0 Å². The van der Waals surface area contributed by atoms with Crippen LogP contribution in [-0.4, -0.2) is 69.1 Å². The molecule has 0 radical (unpaired) electrons. The number of carbonyl (C=O) groups is 3. The summed E-state index contributed by atoms with van der Waals surface area (Å²) in [5, 5.41) is 11.0. The Morgan fingerprint density at radius 3 is 2.51 bits per heavy atom. The van der Waals surface area contributed by atoms with E-state index in [2.05, 4.69) is 6.08 Å². The van der Waals surface area contributed by atoms with Gasteiger partial charge in [0.25, 0.3) is 5.91 Å². The van der Waals surface area contributed by atoms with E-state index in [4.69, 9.17) is 16.3 Å². The molecule has 0 saturated carbocycles. The first-order valence-electron chi connectivity index (χ1n) is 12.9. The summed E-state index contributed by atoms with van der Waals surface area (Å²) >= 11 is 7.61. The highest BCUT2D eigenvalue weighted by Gasteiger charge is 2.74. The standard InChI is InChI=1S/C28H33ClN2O5S/c1-17(2)20(16-32)31-23-25(34)30(19-10-8-18(29)9-11-19)14-7-13-28(23)21(24(31)33)22-26(35)36-15-6-4-5-12-27(22,3)37-28/h5,7-13,17,20-23,32H,4,6,14-16H2,1-3H3/b12-5-/t20-,21-,22+,23?,27-,28-/m0/s1. The molecule has 0 aromatic heterocycles. The fraction of sp³-hybridized carbons (Fsp3) is 0.536. The highest BCUT2D eigenvalue weighted by Crippen LogP contribution is 2.65. The van der Waals surface area contributed by atoms with E-state index in [9.17, 15) is 19.5 Å². The summed E-state index contributed by atoms with van der Waals surface area (Å²) in [6.45, 7) is 6.16. The van der Waals surface area contributed by atoms with Gasteiger partial charge in [0.15, 0.2) is 0 Å². The van der Waals surface area contributed by atoms with Gasteiger partial charge >= 0.3 is 5.97 Å². The molecule has 2 saturated heterocycles. The van der Waals surface area contributed by atoms with Crippen LogP contribution in [0, 0.1) is 17.8 Å². The second-order valence-electron chi connectivity index (χ2n) is 10.8. The van der Waals surface area contributed by atoms with Crippen LogP contribution in [0.5, 0.6) is 0 Å². The average molecular weight is 545 g/mol. The monoisotopic (exact) mass is 544 g/mol. The van der Waals surface area contributed by atoms with Gasteiger partial charge < -0.3 is 19.6 Å². The third kappa shape index (κ3) is 4.12. The van der Waals surface area contributed by atoms with Crippen molar-refractivity contribution in [3.05, 3.63) is 53.6 Å². The Labute approximate surface area is 226 Å². The number of allylic oxidation sites excluding steroid dienone is 1. The molecule has 6 atom stereocenters. The van der Waals surface area contributed by atoms with Crippen LogP contribution in [0.4, 0.5) is 5.69 Å². The molecule has 2 fully saturated rings. The van der Waals surface area contributed by atoms with Gasteiger partial charge in [0.1, 0.15) is 6.04 Å². The van der Waals surface area contributed by atoms with Crippen LogP contribution in [0.1, 0.15) is 33.6 Å². The minimum atomic E-state index is -0.986. The van der Waals surface area contributed by atoms with Crippen LogP contribution >= 0.6 is 23.4 Å². The maximum atomic E-state index is 14.5. The second-order valence-corrected chi connectivity index (χ2v) is 13.0. The van der Waals surface area contributed by atoms with Crippen molar-refractivity contribution in [2.75, 3.05) is 24.7 Å². The molecule has 0 bridgehead atoms. The Kier molecular flexibility index (Phi) is 6.96. The number of halogens is 1. The van der Waals surface area contributed by atoms with Crippen LogP contribution in [0.25, 0.3) is 0 Å². The Hall–Kier alpha value is -2.29. The number of amides is 2. The average Bonchev–Trinajstić information content (AvgIpc) is 3.20. The molecule has 37 heavy (non-hydrogen) atoms. The number of rotatable bonds is 4. The van der Waals surface area contributed by atoms with Crippen molar-refractivity contribution in [2.45, 2.75) is 55.2 Å². The molecule has 7 nitrogen and oxygen atoms in total. The first kappa shape index (κ1) is 26.3. The largest absolute Gasteiger partial charge is 0.465 e. The third-order valence-corrected chi connectivity index (χ3v) is 10.2. The van der Waals surface area contributed by atoms with Crippen molar-refractivity contribution in [3.8, 4) is 0 Å². The zero-order chi connectivity index (χ0) is 26.5. The van der Waals surface area contributed by atoms with E-state index in [1.54, 1.807) is 34.1 Å². The van der Waals surface area contributed by atoms with E-state index in [0.717, 1.165) is 12.8 Å². The maximum Gasteiger partial charge on any atom is 0.311 e. The van der Waals surface area contributed by atoms with Gasteiger partial charge in [-0.1, -0.05) is 49.8 Å². The second kappa shape index (κ2) is 9.79. The molecule has 198 valence electrons. The van der Waals surface area contributed by atoms with Crippen molar-refractivity contribution < 1.29 is 24.2 Å². The van der Waals surface area contributed by atoms with Gasteiger partial charge in [-0.05, 0) is 49.9 Å². The number of hydrogen-bond acceptors (Lipinski definition) is 6. The van der Waals surface area contributed by atoms with Crippen LogP contribution in [0.3, 0.4) is 0 Å².